The number of aliphatic carboxylic acids is 2. The van der Waals surface area contributed by atoms with Gasteiger partial charge in [-0.05, 0) is 38.6 Å². The minimum absolute atomic E-state index is 0. The molecule has 0 bridgehead atoms. The van der Waals surface area contributed by atoms with Crippen molar-refractivity contribution >= 4 is 17.8 Å². The third-order valence-corrected chi connectivity index (χ3v) is 3.36. The second kappa shape index (κ2) is 16.8. The van der Waals surface area contributed by atoms with Crippen molar-refractivity contribution in [2.24, 2.45) is 5.73 Å². The maximum Gasteiger partial charge on any atom is 1.00 e. The van der Waals surface area contributed by atoms with Crippen LogP contribution in [-0.2, 0) is 14.4 Å². The Balaban J connectivity index is 0. The summed E-state index contributed by atoms with van der Waals surface area (Å²) in [5, 5.41) is 21.9. The monoisotopic (exact) mass is 354 g/mol. The second-order valence-corrected chi connectivity index (χ2v) is 5.39. The van der Waals surface area contributed by atoms with Gasteiger partial charge in [-0.2, -0.15) is 0 Å². The van der Waals surface area contributed by atoms with E-state index in [1.807, 2.05) is 0 Å². The standard InChI is InChI=1S/C15H28N2O5.K/c16-11-7-6-8-12(15(21)22)17-13(18)9-4-2-1-3-5-10-14(19)20;/h12H,1-11,16H2,(H,17,18)(H,19,20)(H,21,22);/q;+1/p-1/t12-;/m0./s1. The number of hydrogen-bond acceptors (Lipinski definition) is 5. The van der Waals surface area contributed by atoms with Crippen molar-refractivity contribution in [3.05, 3.63) is 0 Å². The number of hydrogen-bond donors (Lipinski definition) is 3. The van der Waals surface area contributed by atoms with Crippen LogP contribution in [0.4, 0.5) is 0 Å². The Morgan fingerprint density at radius 2 is 1.52 bits per heavy atom. The molecule has 128 valence electrons. The van der Waals surface area contributed by atoms with Crippen molar-refractivity contribution in [2.75, 3.05) is 6.54 Å². The molecule has 0 aromatic carbocycles. The normalized spacial score (nSPS) is 11.3. The van der Waals surface area contributed by atoms with Crippen LogP contribution in [0.25, 0.3) is 0 Å². The van der Waals surface area contributed by atoms with Crippen molar-refractivity contribution < 1.29 is 76.0 Å². The summed E-state index contributed by atoms with van der Waals surface area (Å²) < 4.78 is 0. The molecule has 1 atom stereocenters. The summed E-state index contributed by atoms with van der Waals surface area (Å²) >= 11 is 0. The Hall–Kier alpha value is 0.00636. The number of carboxylic acid groups (broad SMARTS) is 2. The average Bonchev–Trinajstić information content (AvgIpc) is 2.44. The first-order valence-corrected chi connectivity index (χ1v) is 7.89. The van der Waals surface area contributed by atoms with Crippen LogP contribution >= 0.6 is 0 Å². The molecule has 0 aromatic rings. The van der Waals surface area contributed by atoms with Crippen molar-refractivity contribution in [1.82, 2.24) is 5.32 Å². The number of carbonyl (C=O) groups excluding carboxylic acids is 2. The molecule has 0 aromatic heterocycles. The molecule has 23 heavy (non-hydrogen) atoms. The van der Waals surface area contributed by atoms with E-state index < -0.39 is 18.0 Å². The van der Waals surface area contributed by atoms with Gasteiger partial charge in [0.1, 0.15) is 0 Å². The van der Waals surface area contributed by atoms with Crippen LogP contribution in [0.3, 0.4) is 0 Å². The van der Waals surface area contributed by atoms with Crippen LogP contribution in [0.15, 0.2) is 0 Å². The predicted molar refractivity (Wildman–Crippen MR) is 79.8 cm³/mol. The van der Waals surface area contributed by atoms with Gasteiger partial charge in [0.2, 0.25) is 5.91 Å². The summed E-state index contributed by atoms with van der Waals surface area (Å²) in [6.07, 6.45) is 5.99. The topological polar surface area (TPSA) is 133 Å². The summed E-state index contributed by atoms with van der Waals surface area (Å²) in [4.78, 5) is 32.9. The van der Waals surface area contributed by atoms with Gasteiger partial charge in [0.15, 0.2) is 0 Å². The molecule has 0 aliphatic heterocycles. The van der Waals surface area contributed by atoms with Gasteiger partial charge in [-0.1, -0.05) is 19.3 Å². The number of carboxylic acids is 2. The third-order valence-electron chi connectivity index (χ3n) is 3.36. The molecule has 0 rings (SSSR count). The summed E-state index contributed by atoms with van der Waals surface area (Å²) in [5.74, 6) is -2.34. The molecule has 0 saturated heterocycles. The summed E-state index contributed by atoms with van der Waals surface area (Å²) in [7, 11) is 0. The van der Waals surface area contributed by atoms with Crippen molar-refractivity contribution in [3.8, 4) is 0 Å². The van der Waals surface area contributed by atoms with E-state index in [-0.39, 0.29) is 70.1 Å². The van der Waals surface area contributed by atoms with E-state index in [0.29, 0.717) is 32.2 Å². The molecule has 8 heteroatoms. The van der Waals surface area contributed by atoms with Gasteiger partial charge in [-0.15, -0.1) is 0 Å². The molecule has 0 saturated carbocycles. The van der Waals surface area contributed by atoms with Crippen LogP contribution in [0, 0.1) is 0 Å². The van der Waals surface area contributed by atoms with E-state index in [4.69, 9.17) is 10.8 Å². The Kier molecular flexibility index (Phi) is 18.5. The maximum atomic E-state index is 11.7. The quantitative estimate of drug-likeness (QED) is 0.227. The molecule has 4 N–H and O–H groups in total. The number of nitrogens with two attached hydrogens (primary N) is 1. The molecule has 0 fully saturated rings. The molecule has 0 aliphatic carbocycles. The zero-order valence-electron chi connectivity index (χ0n) is 14.0. The fourth-order valence-electron chi connectivity index (χ4n) is 2.10. The van der Waals surface area contributed by atoms with Crippen molar-refractivity contribution in [2.45, 2.75) is 70.3 Å². The summed E-state index contributed by atoms with van der Waals surface area (Å²) in [6, 6.07) is -0.949. The molecule has 7 nitrogen and oxygen atoms in total. The fourth-order valence-corrected chi connectivity index (χ4v) is 2.10. The molecule has 0 unspecified atom stereocenters. The van der Waals surface area contributed by atoms with Crippen LogP contribution in [-0.4, -0.2) is 35.5 Å². The number of carbonyl (C=O) groups is 3. The molecule has 0 heterocycles. The predicted octanol–water partition coefficient (Wildman–Crippen LogP) is -2.83. The van der Waals surface area contributed by atoms with Crippen molar-refractivity contribution in [3.63, 3.8) is 0 Å². The van der Waals surface area contributed by atoms with E-state index in [1.54, 1.807) is 0 Å². The van der Waals surface area contributed by atoms with Gasteiger partial charge in [0.25, 0.3) is 0 Å². The Morgan fingerprint density at radius 1 is 0.957 bits per heavy atom. The van der Waals surface area contributed by atoms with E-state index in [2.05, 4.69) is 5.32 Å². The molecule has 0 spiro atoms. The van der Waals surface area contributed by atoms with Crippen molar-refractivity contribution in [1.29, 1.82) is 0 Å². The van der Waals surface area contributed by atoms with Gasteiger partial charge in [0.05, 0.1) is 12.0 Å². The van der Waals surface area contributed by atoms with Gasteiger partial charge < -0.3 is 26.1 Å². The Bertz CT molecular complexity index is 353. The average molecular weight is 354 g/mol. The van der Waals surface area contributed by atoms with Crippen LogP contribution in [0.2, 0.25) is 0 Å². The zero-order valence-corrected chi connectivity index (χ0v) is 17.1. The van der Waals surface area contributed by atoms with E-state index >= 15 is 0 Å². The van der Waals surface area contributed by atoms with Gasteiger partial charge in [-0.3, -0.25) is 9.59 Å². The van der Waals surface area contributed by atoms with Gasteiger partial charge in [-0.25, -0.2) is 0 Å². The van der Waals surface area contributed by atoms with Gasteiger partial charge >= 0.3 is 57.4 Å². The Morgan fingerprint density at radius 3 is 2.04 bits per heavy atom. The van der Waals surface area contributed by atoms with Crippen LogP contribution in [0.5, 0.6) is 0 Å². The first-order valence-electron chi connectivity index (χ1n) is 7.89. The van der Waals surface area contributed by atoms with Gasteiger partial charge in [0, 0.05) is 12.8 Å². The minimum atomic E-state index is -1.26. The number of nitrogens with one attached hydrogen (secondary N) is 1. The summed E-state index contributed by atoms with van der Waals surface area (Å²) in [5.41, 5.74) is 5.34. The minimum Gasteiger partial charge on any atom is -0.548 e. The first-order chi connectivity index (χ1) is 10.5. The SMILES string of the molecule is NCCCC[C@H](NC(=O)CCCCCCCC(=O)O)C(=O)[O-].[K+]. The molecular weight excluding hydrogens is 327 g/mol. The first kappa shape index (κ1) is 25.2. The van der Waals surface area contributed by atoms with E-state index in [0.717, 1.165) is 25.7 Å². The molecule has 0 aliphatic rings. The number of unbranched alkanes of at least 4 members (excludes halogenated alkanes) is 5. The summed E-state index contributed by atoms with van der Waals surface area (Å²) in [6.45, 7) is 0.496. The smallest absolute Gasteiger partial charge is 0.548 e. The van der Waals surface area contributed by atoms with Crippen LogP contribution < -0.4 is 67.5 Å². The third kappa shape index (κ3) is 16.6. The largest absolute Gasteiger partial charge is 1.00 e. The molecular formula is C15H27KN2O5. The number of rotatable bonds is 14. The van der Waals surface area contributed by atoms with E-state index in [9.17, 15) is 19.5 Å². The maximum absolute atomic E-state index is 11.7. The van der Waals surface area contributed by atoms with Crippen LogP contribution in [0.1, 0.15) is 64.2 Å². The second-order valence-electron chi connectivity index (χ2n) is 5.39. The number of amides is 1. The Labute approximate surface area is 180 Å². The fraction of sp³-hybridized carbons (Fsp3) is 0.800. The van der Waals surface area contributed by atoms with E-state index in [1.165, 1.54) is 0 Å². The molecule has 1 amide bonds. The molecule has 0 radical (unpaired) electrons. The zero-order chi connectivity index (χ0) is 16.8.